The molecule has 0 spiro atoms. The lowest BCUT2D eigenvalue weighted by atomic mass is 10.2. The van der Waals surface area contributed by atoms with Crippen LogP contribution in [0.4, 0.5) is 5.69 Å². The first-order valence-electron chi connectivity index (χ1n) is 9.34. The molecule has 5 nitrogen and oxygen atoms in total. The zero-order chi connectivity index (χ0) is 20.2. The molecule has 2 aromatic carbocycles. The van der Waals surface area contributed by atoms with Crippen molar-refractivity contribution in [3.8, 4) is 0 Å². The average Bonchev–Trinajstić information content (AvgIpc) is 3.16. The van der Waals surface area contributed by atoms with E-state index in [1.54, 1.807) is 23.1 Å². The van der Waals surface area contributed by atoms with Gasteiger partial charge in [0.1, 0.15) is 5.01 Å². The molecule has 2 atom stereocenters. The molecule has 4 rings (SSSR count). The number of aromatic nitrogens is 1. The van der Waals surface area contributed by atoms with E-state index in [-0.39, 0.29) is 24.3 Å². The highest BCUT2D eigenvalue weighted by Gasteiger charge is 2.30. The van der Waals surface area contributed by atoms with E-state index in [9.17, 15) is 9.59 Å². The van der Waals surface area contributed by atoms with Crippen LogP contribution in [-0.4, -0.2) is 34.1 Å². The number of nitrogens with zero attached hydrogens (tertiary/aromatic N) is 1. The summed E-state index contributed by atoms with van der Waals surface area (Å²) in [5, 5.41) is 6.51. The normalized spacial score (nSPS) is 16.9. The van der Waals surface area contributed by atoms with Crippen molar-refractivity contribution in [2.75, 3.05) is 17.3 Å². The molecule has 0 radical (unpaired) electrons. The number of anilines is 1. The number of hydrogen-bond donors (Lipinski definition) is 2. The van der Waals surface area contributed by atoms with E-state index < -0.39 is 5.25 Å². The van der Waals surface area contributed by atoms with Crippen LogP contribution in [0.3, 0.4) is 0 Å². The number of carbonyl (C=O) groups excluding carboxylic acids is 2. The fourth-order valence-electron chi connectivity index (χ4n) is 3.18. The Kier molecular flexibility index (Phi) is 6.42. The Morgan fingerprint density at radius 2 is 2.03 bits per heavy atom. The third-order valence-electron chi connectivity index (χ3n) is 4.63. The number of amides is 2. The highest BCUT2D eigenvalue weighted by atomic mass is 32.2. The molecule has 1 aliphatic heterocycles. The van der Waals surface area contributed by atoms with Crippen LogP contribution in [0.15, 0.2) is 53.4 Å². The zero-order valence-electron chi connectivity index (χ0n) is 15.9. The van der Waals surface area contributed by atoms with Crippen molar-refractivity contribution < 1.29 is 9.59 Å². The number of thioether (sulfide) groups is 2. The van der Waals surface area contributed by atoms with Gasteiger partial charge in [0.2, 0.25) is 11.8 Å². The lowest BCUT2D eigenvalue weighted by Crippen LogP contribution is -2.36. The Hall–Kier alpha value is -2.03. The van der Waals surface area contributed by atoms with Gasteiger partial charge in [-0.15, -0.1) is 23.1 Å². The molecule has 0 aliphatic carbocycles. The predicted molar refractivity (Wildman–Crippen MR) is 123 cm³/mol. The highest BCUT2D eigenvalue weighted by Crippen LogP contribution is 2.37. The van der Waals surface area contributed by atoms with Crippen LogP contribution >= 0.6 is 34.9 Å². The zero-order valence-corrected chi connectivity index (χ0v) is 18.3. The van der Waals surface area contributed by atoms with Crippen molar-refractivity contribution in [1.82, 2.24) is 10.3 Å². The molecule has 0 unspecified atom stereocenters. The third kappa shape index (κ3) is 4.76. The lowest BCUT2D eigenvalue weighted by molar-refractivity contribution is -0.124. The van der Waals surface area contributed by atoms with Gasteiger partial charge in [0.05, 0.1) is 27.2 Å². The predicted octanol–water partition coefficient (Wildman–Crippen LogP) is 4.71. The molecular weight excluding hydrogens is 422 g/mol. The third-order valence-corrected chi connectivity index (χ3v) is 7.70. The van der Waals surface area contributed by atoms with Crippen molar-refractivity contribution in [2.45, 2.75) is 29.0 Å². The first-order valence-corrected chi connectivity index (χ1v) is 12.4. The highest BCUT2D eigenvalue weighted by molar-refractivity contribution is 8.01. The first kappa shape index (κ1) is 20.3. The second kappa shape index (κ2) is 9.19. The summed E-state index contributed by atoms with van der Waals surface area (Å²) in [5.74, 6) is 0.680. The molecule has 2 N–H and O–H groups in total. The number of rotatable bonds is 7. The molecule has 1 aliphatic rings. The van der Waals surface area contributed by atoms with Gasteiger partial charge in [-0.05, 0) is 42.7 Å². The Morgan fingerprint density at radius 1 is 1.24 bits per heavy atom. The van der Waals surface area contributed by atoms with E-state index in [0.717, 1.165) is 38.0 Å². The topological polar surface area (TPSA) is 71.1 Å². The van der Waals surface area contributed by atoms with Crippen LogP contribution < -0.4 is 10.6 Å². The van der Waals surface area contributed by atoms with Crippen molar-refractivity contribution in [1.29, 1.82) is 0 Å². The van der Waals surface area contributed by atoms with E-state index >= 15 is 0 Å². The number of fused-ring (bicyclic) bond motifs is 2. The van der Waals surface area contributed by atoms with Crippen molar-refractivity contribution in [3.05, 3.63) is 53.5 Å². The average molecular weight is 444 g/mol. The van der Waals surface area contributed by atoms with E-state index in [1.165, 1.54) is 11.8 Å². The molecule has 1 aromatic heterocycles. The molecule has 29 heavy (non-hydrogen) atoms. The van der Waals surface area contributed by atoms with E-state index in [0.29, 0.717) is 0 Å². The number of benzene rings is 2. The van der Waals surface area contributed by atoms with Gasteiger partial charge in [-0.2, -0.15) is 11.8 Å². The molecule has 3 aromatic rings. The van der Waals surface area contributed by atoms with Crippen LogP contribution in [0, 0.1) is 0 Å². The number of carbonyl (C=O) groups is 2. The monoisotopic (exact) mass is 443 g/mol. The van der Waals surface area contributed by atoms with Gasteiger partial charge in [0.25, 0.3) is 0 Å². The minimum Gasteiger partial charge on any atom is -0.347 e. The summed E-state index contributed by atoms with van der Waals surface area (Å²) in [6.07, 6.45) is 3.00. The van der Waals surface area contributed by atoms with E-state index in [1.807, 2.05) is 48.5 Å². The molecule has 0 fully saturated rings. The largest absolute Gasteiger partial charge is 0.347 e. The van der Waals surface area contributed by atoms with Crippen molar-refractivity contribution in [3.63, 3.8) is 0 Å². The lowest BCUT2D eigenvalue weighted by Gasteiger charge is -2.24. The molecule has 2 heterocycles. The fraction of sp³-hybridized carbons (Fsp3) is 0.286. The Labute approximate surface area is 182 Å². The summed E-state index contributed by atoms with van der Waals surface area (Å²) in [6, 6.07) is 15.5. The Morgan fingerprint density at radius 3 is 2.86 bits per heavy atom. The molecular formula is C21H21N3O2S3. The van der Waals surface area contributed by atoms with Gasteiger partial charge in [-0.1, -0.05) is 24.3 Å². The number of para-hydroxylation sites is 2. The maximum atomic E-state index is 12.8. The number of thiazole rings is 1. The van der Waals surface area contributed by atoms with Crippen LogP contribution in [-0.2, 0) is 9.59 Å². The minimum absolute atomic E-state index is 0.121. The summed E-state index contributed by atoms with van der Waals surface area (Å²) >= 11 is 4.81. The fourth-order valence-corrected chi connectivity index (χ4v) is 5.82. The summed E-state index contributed by atoms with van der Waals surface area (Å²) in [6.45, 7) is 0. The van der Waals surface area contributed by atoms with Crippen LogP contribution in [0.5, 0.6) is 0 Å². The molecule has 0 bridgehead atoms. The van der Waals surface area contributed by atoms with Gasteiger partial charge in [-0.3, -0.25) is 9.59 Å². The SMILES string of the molecule is CSCC[C@H](NC(=O)C[C@@H]1Sc2ccccc2NC1=O)c1nc2ccccc2s1. The smallest absolute Gasteiger partial charge is 0.238 e. The second-order valence-electron chi connectivity index (χ2n) is 6.72. The summed E-state index contributed by atoms with van der Waals surface area (Å²) in [5.41, 5.74) is 1.77. The Bertz CT molecular complexity index is 1000. The Balaban J connectivity index is 1.46. The summed E-state index contributed by atoms with van der Waals surface area (Å²) < 4.78 is 1.12. The van der Waals surface area contributed by atoms with Crippen molar-refractivity contribution >= 4 is 62.6 Å². The quantitative estimate of drug-likeness (QED) is 0.553. The summed E-state index contributed by atoms with van der Waals surface area (Å²) in [4.78, 5) is 30.9. The molecule has 0 saturated heterocycles. The van der Waals surface area contributed by atoms with Gasteiger partial charge in [0.15, 0.2) is 0 Å². The minimum atomic E-state index is -0.429. The molecule has 0 saturated carbocycles. The van der Waals surface area contributed by atoms with E-state index in [2.05, 4.69) is 16.9 Å². The van der Waals surface area contributed by atoms with Gasteiger partial charge < -0.3 is 10.6 Å². The molecule has 8 heteroatoms. The van der Waals surface area contributed by atoms with Crippen LogP contribution in [0.2, 0.25) is 0 Å². The standard InChI is InChI=1S/C21H21N3O2S3/c1-27-11-10-15(21-24-14-7-3-5-9-17(14)29-21)22-19(25)12-18-20(26)23-13-6-2-4-8-16(13)28-18/h2-9,15,18H,10-12H2,1H3,(H,22,25)(H,23,26)/t15-,18-/m0/s1. The van der Waals surface area contributed by atoms with Crippen LogP contribution in [0.25, 0.3) is 10.2 Å². The summed E-state index contributed by atoms with van der Waals surface area (Å²) in [7, 11) is 0. The van der Waals surface area contributed by atoms with Crippen LogP contribution in [0.1, 0.15) is 23.9 Å². The van der Waals surface area contributed by atoms with Gasteiger partial charge in [0, 0.05) is 11.3 Å². The molecule has 150 valence electrons. The number of hydrogen-bond acceptors (Lipinski definition) is 6. The van der Waals surface area contributed by atoms with Gasteiger partial charge in [-0.25, -0.2) is 4.98 Å². The molecule has 2 amide bonds. The van der Waals surface area contributed by atoms with Gasteiger partial charge >= 0.3 is 0 Å². The maximum Gasteiger partial charge on any atom is 0.238 e. The first-order chi connectivity index (χ1) is 14.1. The maximum absolute atomic E-state index is 12.8. The second-order valence-corrected chi connectivity index (χ2v) is 10.0. The van der Waals surface area contributed by atoms with Crippen molar-refractivity contribution in [2.24, 2.45) is 0 Å². The number of nitrogens with one attached hydrogen (secondary N) is 2. The van der Waals surface area contributed by atoms with E-state index in [4.69, 9.17) is 4.98 Å².